The second kappa shape index (κ2) is 3.83. The van der Waals surface area contributed by atoms with Gasteiger partial charge in [0.05, 0.1) is 6.10 Å². The summed E-state index contributed by atoms with van der Waals surface area (Å²) in [7, 11) is 0. The fourth-order valence-corrected chi connectivity index (χ4v) is 0.405. The highest BCUT2D eigenvalue weighted by atomic mass is 16.5. The Morgan fingerprint density at radius 3 is 2.12 bits per heavy atom. The van der Waals surface area contributed by atoms with Crippen molar-refractivity contribution in [3.63, 3.8) is 0 Å². The lowest BCUT2D eigenvalue weighted by Crippen LogP contribution is -2.34. The molecule has 0 bridgehead atoms. The van der Waals surface area contributed by atoms with Gasteiger partial charge in [0.2, 0.25) is 0 Å². The second-order valence-electron chi connectivity index (χ2n) is 1.96. The molecule has 0 amide bonds. The van der Waals surface area contributed by atoms with Gasteiger partial charge in [-0.25, -0.2) is 0 Å². The maximum Gasteiger partial charge on any atom is 0.118 e. The van der Waals surface area contributed by atoms with E-state index < -0.39 is 0 Å². The summed E-state index contributed by atoms with van der Waals surface area (Å²) >= 11 is 0. The summed E-state index contributed by atoms with van der Waals surface area (Å²) in [4.78, 5) is 0. The zero-order valence-electron chi connectivity index (χ0n) is 5.42. The average Bonchev–Trinajstić information content (AvgIpc) is 1.65. The van der Waals surface area contributed by atoms with Crippen LogP contribution in [0.1, 0.15) is 13.8 Å². The molecule has 1 unspecified atom stereocenters. The van der Waals surface area contributed by atoms with Gasteiger partial charge in [0, 0.05) is 6.54 Å². The Kier molecular flexibility index (Phi) is 3.77. The van der Waals surface area contributed by atoms with Crippen molar-refractivity contribution in [1.29, 1.82) is 0 Å². The molecule has 8 heavy (non-hydrogen) atoms. The molecule has 0 saturated carbocycles. The smallest absolute Gasteiger partial charge is 0.118 e. The van der Waals surface area contributed by atoms with Crippen LogP contribution in [0.3, 0.4) is 0 Å². The molecular weight excluding hydrogens is 104 g/mol. The van der Waals surface area contributed by atoms with Crippen LogP contribution in [-0.4, -0.2) is 18.9 Å². The van der Waals surface area contributed by atoms with E-state index in [2.05, 4.69) is 0 Å². The zero-order valence-corrected chi connectivity index (χ0v) is 5.42. The third-order valence-corrected chi connectivity index (χ3v) is 0.679. The van der Waals surface area contributed by atoms with E-state index in [-0.39, 0.29) is 12.3 Å². The Morgan fingerprint density at radius 2 is 2.00 bits per heavy atom. The first-order chi connectivity index (χ1) is 3.66. The molecule has 0 aliphatic heterocycles. The molecule has 0 aromatic rings. The molecule has 0 aliphatic carbocycles. The van der Waals surface area contributed by atoms with Crippen molar-refractivity contribution < 1.29 is 4.74 Å². The van der Waals surface area contributed by atoms with Crippen LogP contribution in [0, 0.1) is 0 Å². The van der Waals surface area contributed by atoms with Gasteiger partial charge < -0.3 is 16.2 Å². The monoisotopic (exact) mass is 118 g/mol. The van der Waals surface area contributed by atoms with E-state index in [4.69, 9.17) is 16.2 Å². The van der Waals surface area contributed by atoms with Gasteiger partial charge in [0.15, 0.2) is 0 Å². The highest BCUT2D eigenvalue weighted by Crippen LogP contribution is 1.88. The number of hydrogen-bond acceptors (Lipinski definition) is 3. The normalized spacial score (nSPS) is 14.6. The highest BCUT2D eigenvalue weighted by molar-refractivity contribution is 4.48. The van der Waals surface area contributed by atoms with E-state index in [1.54, 1.807) is 0 Å². The molecule has 3 nitrogen and oxygen atoms in total. The van der Waals surface area contributed by atoms with Crippen molar-refractivity contribution in [3.8, 4) is 0 Å². The summed E-state index contributed by atoms with van der Waals surface area (Å²) in [5, 5.41) is 0. The second-order valence-corrected chi connectivity index (χ2v) is 1.96. The van der Waals surface area contributed by atoms with E-state index in [9.17, 15) is 0 Å². The van der Waals surface area contributed by atoms with Crippen LogP contribution in [0.4, 0.5) is 0 Å². The first-order valence-electron chi connectivity index (χ1n) is 2.78. The van der Waals surface area contributed by atoms with Crippen LogP contribution in [0.5, 0.6) is 0 Å². The average molecular weight is 118 g/mol. The zero-order chi connectivity index (χ0) is 6.57. The van der Waals surface area contributed by atoms with Crippen molar-refractivity contribution in [2.24, 2.45) is 11.5 Å². The predicted molar refractivity (Wildman–Crippen MR) is 33.3 cm³/mol. The molecule has 1 atom stereocenters. The molecule has 0 aromatic heterocycles. The first kappa shape index (κ1) is 7.88. The van der Waals surface area contributed by atoms with Crippen LogP contribution in [0.25, 0.3) is 0 Å². The van der Waals surface area contributed by atoms with Gasteiger partial charge in [0.1, 0.15) is 6.23 Å². The van der Waals surface area contributed by atoms with Gasteiger partial charge >= 0.3 is 0 Å². The number of hydrogen-bond donors (Lipinski definition) is 2. The quantitative estimate of drug-likeness (QED) is 0.498. The first-order valence-corrected chi connectivity index (χ1v) is 2.78. The third kappa shape index (κ3) is 4.05. The van der Waals surface area contributed by atoms with E-state index in [1.165, 1.54) is 0 Å². The molecular formula is C5H14N2O. The summed E-state index contributed by atoms with van der Waals surface area (Å²) in [5.41, 5.74) is 10.5. The lowest BCUT2D eigenvalue weighted by molar-refractivity contribution is 0.0172. The van der Waals surface area contributed by atoms with E-state index in [0.717, 1.165) is 0 Å². The van der Waals surface area contributed by atoms with Gasteiger partial charge in [-0.1, -0.05) is 0 Å². The maximum absolute atomic E-state index is 5.33. The van der Waals surface area contributed by atoms with Gasteiger partial charge in [-0.3, -0.25) is 0 Å². The fraction of sp³-hybridized carbons (Fsp3) is 1.00. The van der Waals surface area contributed by atoms with Crippen molar-refractivity contribution in [1.82, 2.24) is 0 Å². The minimum atomic E-state index is -0.296. The lowest BCUT2D eigenvalue weighted by atomic mass is 10.4. The topological polar surface area (TPSA) is 61.3 Å². The third-order valence-electron chi connectivity index (χ3n) is 0.679. The number of ether oxygens (including phenoxy) is 1. The largest absolute Gasteiger partial charge is 0.360 e. The summed E-state index contributed by atoms with van der Waals surface area (Å²) in [5.74, 6) is 0. The minimum Gasteiger partial charge on any atom is -0.360 e. The Morgan fingerprint density at radius 1 is 1.50 bits per heavy atom. The molecule has 4 N–H and O–H groups in total. The maximum atomic E-state index is 5.33. The van der Waals surface area contributed by atoms with Crippen molar-refractivity contribution in [3.05, 3.63) is 0 Å². The van der Waals surface area contributed by atoms with E-state index in [0.29, 0.717) is 6.54 Å². The van der Waals surface area contributed by atoms with Crippen LogP contribution in [0.2, 0.25) is 0 Å². The van der Waals surface area contributed by atoms with E-state index >= 15 is 0 Å². The van der Waals surface area contributed by atoms with Crippen LogP contribution < -0.4 is 11.5 Å². The Balaban J connectivity index is 3.10. The molecule has 0 aliphatic rings. The van der Waals surface area contributed by atoms with Crippen LogP contribution in [0.15, 0.2) is 0 Å². The van der Waals surface area contributed by atoms with Crippen LogP contribution in [-0.2, 0) is 4.74 Å². The lowest BCUT2D eigenvalue weighted by Gasteiger charge is -2.12. The van der Waals surface area contributed by atoms with Gasteiger partial charge in [0.25, 0.3) is 0 Å². The molecule has 0 heterocycles. The molecule has 0 spiro atoms. The Hall–Kier alpha value is -0.120. The molecule has 0 rings (SSSR count). The van der Waals surface area contributed by atoms with Crippen LogP contribution >= 0.6 is 0 Å². The van der Waals surface area contributed by atoms with Gasteiger partial charge in [-0.15, -0.1) is 0 Å². The van der Waals surface area contributed by atoms with Gasteiger partial charge in [-0.05, 0) is 13.8 Å². The molecule has 0 saturated heterocycles. The molecule has 0 aromatic carbocycles. The number of rotatable bonds is 3. The summed E-state index contributed by atoms with van der Waals surface area (Å²) in [6.07, 6.45) is -0.122. The fourth-order valence-electron chi connectivity index (χ4n) is 0.405. The Labute approximate surface area is 50.0 Å². The Bertz CT molecular complexity index is 56.4. The van der Waals surface area contributed by atoms with E-state index in [1.807, 2.05) is 13.8 Å². The van der Waals surface area contributed by atoms with Gasteiger partial charge in [-0.2, -0.15) is 0 Å². The number of nitrogens with two attached hydrogens (primary N) is 2. The molecule has 0 fully saturated rings. The summed E-state index contributed by atoms with van der Waals surface area (Å²) in [6, 6.07) is 0. The summed E-state index contributed by atoms with van der Waals surface area (Å²) in [6.45, 7) is 4.24. The molecule has 0 radical (unpaired) electrons. The highest BCUT2D eigenvalue weighted by Gasteiger charge is 1.99. The predicted octanol–water partition coefficient (Wildman–Crippen LogP) is -0.345. The summed E-state index contributed by atoms with van der Waals surface area (Å²) < 4.78 is 5.05. The standard InChI is InChI=1S/C5H14N2O/c1-4(2)8-5(7)3-6/h4-5H,3,6-7H2,1-2H3. The molecule has 3 heteroatoms. The molecule has 50 valence electrons. The minimum absolute atomic E-state index is 0.175. The van der Waals surface area contributed by atoms with Crippen molar-refractivity contribution in [2.75, 3.05) is 6.54 Å². The van der Waals surface area contributed by atoms with Crippen molar-refractivity contribution in [2.45, 2.75) is 26.2 Å². The van der Waals surface area contributed by atoms with Crippen molar-refractivity contribution >= 4 is 0 Å². The SMILES string of the molecule is CC(C)OC(N)CN.